The minimum atomic E-state index is 0. The zero-order chi connectivity index (χ0) is 20.8. The number of nitrogens with zero attached hydrogens (tertiary/aromatic N) is 4. The number of hydrogen-bond acceptors (Lipinski definition) is 6. The van der Waals surface area contributed by atoms with Gasteiger partial charge in [-0.1, -0.05) is 43.0 Å². The number of aromatic nitrogens is 4. The Morgan fingerprint density at radius 3 is 2.55 bits per heavy atom. The van der Waals surface area contributed by atoms with Crippen LogP contribution in [0, 0.1) is 6.92 Å². The standard InChI is InChI=1S/C23H29N5O2.ClH/c1-17-8-11-20(12-9-17)28-23(25-26-27-28)16-30-21-13-10-18(14-22(21)29-2)15-24-19-6-4-3-5-7-19;/h8-14,19,24H,3-7,15-16H2,1-2H3;1H. The van der Waals surface area contributed by atoms with Crippen LogP contribution in [0.25, 0.3) is 5.69 Å². The molecule has 0 spiro atoms. The van der Waals surface area contributed by atoms with Gasteiger partial charge in [0.05, 0.1) is 12.8 Å². The van der Waals surface area contributed by atoms with Crippen LogP contribution in [-0.2, 0) is 13.2 Å². The number of hydrogen-bond donors (Lipinski definition) is 1. The van der Waals surface area contributed by atoms with Gasteiger partial charge >= 0.3 is 0 Å². The van der Waals surface area contributed by atoms with Crippen molar-refractivity contribution in [2.45, 2.75) is 58.2 Å². The SMILES string of the molecule is COc1cc(CNC2CCCCC2)ccc1OCc1nnnn1-c1ccc(C)cc1.Cl. The third-order valence-corrected chi connectivity index (χ3v) is 5.60. The predicted molar refractivity (Wildman–Crippen MR) is 122 cm³/mol. The Morgan fingerprint density at radius 2 is 1.81 bits per heavy atom. The number of halogens is 1. The van der Waals surface area contributed by atoms with Crippen LogP contribution < -0.4 is 14.8 Å². The fraction of sp³-hybridized carbons (Fsp3) is 0.435. The molecule has 4 rings (SSSR count). The molecule has 1 heterocycles. The van der Waals surface area contributed by atoms with Crippen molar-refractivity contribution < 1.29 is 9.47 Å². The summed E-state index contributed by atoms with van der Waals surface area (Å²) < 4.78 is 13.3. The van der Waals surface area contributed by atoms with Gasteiger partial charge in [0.2, 0.25) is 0 Å². The molecule has 0 bridgehead atoms. The lowest BCUT2D eigenvalue weighted by Crippen LogP contribution is -2.30. The van der Waals surface area contributed by atoms with Gasteiger partial charge in [-0.3, -0.25) is 0 Å². The van der Waals surface area contributed by atoms with E-state index in [4.69, 9.17) is 9.47 Å². The number of tetrazole rings is 1. The summed E-state index contributed by atoms with van der Waals surface area (Å²) in [5.74, 6) is 2.02. The van der Waals surface area contributed by atoms with Crippen LogP contribution in [0.5, 0.6) is 11.5 Å². The second kappa shape index (κ2) is 11.1. The van der Waals surface area contributed by atoms with Crippen LogP contribution in [0.3, 0.4) is 0 Å². The molecule has 0 unspecified atom stereocenters. The Bertz CT molecular complexity index is 955. The lowest BCUT2D eigenvalue weighted by molar-refractivity contribution is 0.273. The van der Waals surface area contributed by atoms with E-state index in [2.05, 4.69) is 26.9 Å². The van der Waals surface area contributed by atoms with E-state index in [1.54, 1.807) is 11.8 Å². The average Bonchev–Trinajstić information content (AvgIpc) is 3.26. The van der Waals surface area contributed by atoms with Crippen molar-refractivity contribution in [1.82, 2.24) is 25.5 Å². The summed E-state index contributed by atoms with van der Waals surface area (Å²) in [6.45, 7) is 3.14. The topological polar surface area (TPSA) is 74.1 Å². The minimum absolute atomic E-state index is 0. The van der Waals surface area contributed by atoms with Crippen LogP contribution in [0.4, 0.5) is 0 Å². The zero-order valence-corrected chi connectivity index (χ0v) is 18.9. The van der Waals surface area contributed by atoms with E-state index in [0.29, 0.717) is 23.4 Å². The van der Waals surface area contributed by atoms with Crippen molar-refractivity contribution in [3.05, 3.63) is 59.4 Å². The number of methoxy groups -OCH3 is 1. The Hall–Kier alpha value is -2.64. The summed E-state index contributed by atoms with van der Waals surface area (Å²) in [5.41, 5.74) is 3.28. The molecule has 3 aromatic rings. The summed E-state index contributed by atoms with van der Waals surface area (Å²) in [4.78, 5) is 0. The lowest BCUT2D eigenvalue weighted by atomic mass is 9.95. The van der Waals surface area contributed by atoms with Crippen molar-refractivity contribution in [2.75, 3.05) is 7.11 Å². The third-order valence-electron chi connectivity index (χ3n) is 5.60. The lowest BCUT2D eigenvalue weighted by Gasteiger charge is -2.23. The maximum atomic E-state index is 6.00. The molecule has 0 amide bonds. The largest absolute Gasteiger partial charge is 0.493 e. The van der Waals surface area contributed by atoms with Gasteiger partial charge in [-0.2, -0.15) is 4.68 Å². The second-order valence-corrected chi connectivity index (χ2v) is 7.83. The van der Waals surface area contributed by atoms with Crippen LogP contribution in [-0.4, -0.2) is 33.4 Å². The maximum absolute atomic E-state index is 6.00. The summed E-state index contributed by atoms with van der Waals surface area (Å²) >= 11 is 0. The normalized spacial score (nSPS) is 14.1. The smallest absolute Gasteiger partial charge is 0.194 e. The van der Waals surface area contributed by atoms with E-state index in [1.807, 2.05) is 43.3 Å². The molecule has 0 aliphatic heterocycles. The minimum Gasteiger partial charge on any atom is -0.493 e. The van der Waals surface area contributed by atoms with E-state index >= 15 is 0 Å². The number of rotatable bonds is 8. The van der Waals surface area contributed by atoms with Crippen molar-refractivity contribution in [3.8, 4) is 17.2 Å². The molecule has 1 fully saturated rings. The van der Waals surface area contributed by atoms with Gasteiger partial charge in [0, 0.05) is 12.6 Å². The van der Waals surface area contributed by atoms with Crippen LogP contribution in [0.1, 0.15) is 49.1 Å². The molecule has 7 nitrogen and oxygen atoms in total. The molecule has 31 heavy (non-hydrogen) atoms. The molecule has 1 aliphatic carbocycles. The van der Waals surface area contributed by atoms with Gasteiger partial charge < -0.3 is 14.8 Å². The van der Waals surface area contributed by atoms with E-state index < -0.39 is 0 Å². The monoisotopic (exact) mass is 443 g/mol. The molecule has 1 aliphatic rings. The van der Waals surface area contributed by atoms with E-state index in [0.717, 1.165) is 12.2 Å². The summed E-state index contributed by atoms with van der Waals surface area (Å²) in [5, 5.41) is 15.7. The quantitative estimate of drug-likeness (QED) is 0.556. The highest BCUT2D eigenvalue weighted by molar-refractivity contribution is 5.85. The Balaban J connectivity index is 0.00000272. The first-order valence-corrected chi connectivity index (χ1v) is 10.6. The first-order chi connectivity index (χ1) is 14.7. The van der Waals surface area contributed by atoms with Crippen LogP contribution in [0.15, 0.2) is 42.5 Å². The number of nitrogens with one attached hydrogen (secondary N) is 1. The molecule has 0 saturated heterocycles. The van der Waals surface area contributed by atoms with E-state index in [-0.39, 0.29) is 19.0 Å². The third kappa shape index (κ3) is 5.95. The van der Waals surface area contributed by atoms with Gasteiger partial charge in [0.1, 0.15) is 0 Å². The Labute approximate surface area is 189 Å². The molecule has 166 valence electrons. The van der Waals surface area contributed by atoms with Crippen molar-refractivity contribution in [3.63, 3.8) is 0 Å². The summed E-state index contributed by atoms with van der Waals surface area (Å²) in [6, 6.07) is 14.7. The van der Waals surface area contributed by atoms with Crippen LogP contribution >= 0.6 is 12.4 Å². The maximum Gasteiger partial charge on any atom is 0.194 e. The van der Waals surface area contributed by atoms with Gasteiger partial charge in [-0.15, -0.1) is 17.5 Å². The first kappa shape index (κ1) is 23.0. The molecule has 1 aromatic heterocycles. The summed E-state index contributed by atoms with van der Waals surface area (Å²) in [7, 11) is 1.66. The molecule has 2 aromatic carbocycles. The summed E-state index contributed by atoms with van der Waals surface area (Å²) in [6.07, 6.45) is 6.57. The highest BCUT2D eigenvalue weighted by Crippen LogP contribution is 2.29. The number of benzene rings is 2. The van der Waals surface area contributed by atoms with Crippen molar-refractivity contribution in [2.24, 2.45) is 0 Å². The Kier molecular flexibility index (Phi) is 8.26. The average molecular weight is 444 g/mol. The van der Waals surface area contributed by atoms with Gasteiger partial charge in [-0.25, -0.2) is 0 Å². The molecule has 0 atom stereocenters. The van der Waals surface area contributed by atoms with Crippen molar-refractivity contribution in [1.29, 1.82) is 0 Å². The molecule has 1 saturated carbocycles. The zero-order valence-electron chi connectivity index (χ0n) is 18.1. The van der Waals surface area contributed by atoms with Crippen LogP contribution in [0.2, 0.25) is 0 Å². The fourth-order valence-electron chi connectivity index (χ4n) is 3.83. The highest BCUT2D eigenvalue weighted by Gasteiger charge is 2.14. The molecular formula is C23H30ClN5O2. The van der Waals surface area contributed by atoms with E-state index in [9.17, 15) is 0 Å². The molecule has 1 N–H and O–H groups in total. The fourth-order valence-corrected chi connectivity index (χ4v) is 3.83. The Morgan fingerprint density at radius 1 is 1.03 bits per heavy atom. The molecule has 8 heteroatoms. The highest BCUT2D eigenvalue weighted by atomic mass is 35.5. The van der Waals surface area contributed by atoms with Crippen molar-refractivity contribution >= 4 is 12.4 Å². The predicted octanol–water partition coefficient (Wildman–Crippen LogP) is 4.40. The number of aryl methyl sites for hydroxylation is 1. The second-order valence-electron chi connectivity index (χ2n) is 7.83. The van der Waals surface area contributed by atoms with Gasteiger partial charge in [-0.05, 0) is 60.0 Å². The van der Waals surface area contributed by atoms with Gasteiger partial charge in [0.25, 0.3) is 0 Å². The van der Waals surface area contributed by atoms with Gasteiger partial charge in [0.15, 0.2) is 23.9 Å². The molecule has 0 radical (unpaired) electrons. The number of ether oxygens (including phenoxy) is 2. The molecular weight excluding hydrogens is 414 g/mol. The first-order valence-electron chi connectivity index (χ1n) is 10.6. The van der Waals surface area contributed by atoms with E-state index in [1.165, 1.54) is 43.2 Å².